The fraction of sp³-hybridized carbons (Fsp3) is 0.222. The highest BCUT2D eigenvalue weighted by Crippen LogP contribution is 2.29. The molecule has 1 heterocycles. The summed E-state index contributed by atoms with van der Waals surface area (Å²) >= 11 is 5.22. The lowest BCUT2D eigenvalue weighted by molar-refractivity contribution is 0.0631. The topological polar surface area (TPSA) is 85.1 Å². The number of nitrogens with two attached hydrogens (primary N) is 1. The first-order valence-corrected chi connectivity index (χ1v) is 11.8. The van der Waals surface area contributed by atoms with E-state index < -0.39 is 0 Å². The fourth-order valence-corrected chi connectivity index (χ4v) is 4.18. The Bertz CT molecular complexity index is 1250. The normalized spacial score (nSPS) is 12.4. The zero-order valence-electron chi connectivity index (χ0n) is 19.8. The Labute approximate surface area is 214 Å². The van der Waals surface area contributed by atoms with Crippen molar-refractivity contribution in [1.29, 1.82) is 0 Å². The van der Waals surface area contributed by atoms with Crippen LogP contribution in [0.25, 0.3) is 0 Å². The van der Waals surface area contributed by atoms with Gasteiger partial charge in [0.25, 0.3) is 11.8 Å². The van der Waals surface area contributed by atoms with Crippen molar-refractivity contribution in [1.82, 2.24) is 9.80 Å². The Hall–Kier alpha value is -3.98. The standard InChI is InChI=1S/C27H26FN3O4S/c1-34-24-16-19(17-30(27(29)36)13-12-18-6-9-20(28)10-7-18)8-11-23(24)35-15-14-31-25(32)21-4-2-3-5-22(21)26(31)33/h2-11,16H,12-15,17H2,1H3,(H2,29,36). The van der Waals surface area contributed by atoms with E-state index >= 15 is 0 Å². The average Bonchev–Trinajstić information content (AvgIpc) is 3.12. The maximum atomic E-state index is 13.1. The lowest BCUT2D eigenvalue weighted by Gasteiger charge is -2.23. The van der Waals surface area contributed by atoms with Gasteiger partial charge in [0.15, 0.2) is 16.6 Å². The van der Waals surface area contributed by atoms with Crippen molar-refractivity contribution in [2.45, 2.75) is 13.0 Å². The number of carbonyl (C=O) groups is 2. The molecule has 2 amide bonds. The maximum Gasteiger partial charge on any atom is 0.261 e. The van der Waals surface area contributed by atoms with Crippen molar-refractivity contribution < 1.29 is 23.5 Å². The van der Waals surface area contributed by atoms with Crippen LogP contribution in [0.3, 0.4) is 0 Å². The van der Waals surface area contributed by atoms with E-state index in [1.807, 2.05) is 17.0 Å². The highest BCUT2D eigenvalue weighted by atomic mass is 32.1. The van der Waals surface area contributed by atoms with Crippen LogP contribution in [0.1, 0.15) is 31.8 Å². The molecule has 3 aromatic carbocycles. The minimum Gasteiger partial charge on any atom is -0.493 e. The van der Waals surface area contributed by atoms with E-state index in [0.717, 1.165) is 11.1 Å². The van der Waals surface area contributed by atoms with E-state index in [2.05, 4.69) is 0 Å². The predicted octanol–water partition coefficient (Wildman–Crippen LogP) is 3.80. The van der Waals surface area contributed by atoms with Gasteiger partial charge in [-0.15, -0.1) is 0 Å². The van der Waals surface area contributed by atoms with E-state index in [0.29, 0.717) is 42.1 Å². The minimum absolute atomic E-state index is 0.121. The molecule has 4 rings (SSSR count). The van der Waals surface area contributed by atoms with E-state index in [-0.39, 0.29) is 35.9 Å². The quantitative estimate of drug-likeness (QED) is 0.330. The van der Waals surface area contributed by atoms with Crippen LogP contribution in [0.4, 0.5) is 4.39 Å². The van der Waals surface area contributed by atoms with Gasteiger partial charge in [-0.2, -0.15) is 0 Å². The molecule has 0 saturated heterocycles. The van der Waals surface area contributed by atoms with Gasteiger partial charge in [0.2, 0.25) is 0 Å². The third-order valence-electron chi connectivity index (χ3n) is 5.95. The van der Waals surface area contributed by atoms with Gasteiger partial charge in [-0.1, -0.05) is 30.3 Å². The van der Waals surface area contributed by atoms with Crippen LogP contribution in [0.15, 0.2) is 66.7 Å². The lowest BCUT2D eigenvalue weighted by atomic mass is 10.1. The number of ether oxygens (including phenoxy) is 2. The van der Waals surface area contributed by atoms with E-state index in [4.69, 9.17) is 27.4 Å². The number of benzene rings is 3. The molecule has 9 heteroatoms. The summed E-state index contributed by atoms with van der Waals surface area (Å²) in [6.07, 6.45) is 0.660. The Morgan fingerprint density at radius 2 is 1.61 bits per heavy atom. The molecule has 0 bridgehead atoms. The SMILES string of the molecule is COc1cc(CN(CCc2ccc(F)cc2)C(N)=S)ccc1OCCN1C(=O)c2ccccc2C1=O. The van der Waals surface area contributed by atoms with Crippen LogP contribution in [0.2, 0.25) is 0 Å². The van der Waals surface area contributed by atoms with Crippen LogP contribution in [0.5, 0.6) is 11.5 Å². The van der Waals surface area contributed by atoms with Crippen LogP contribution >= 0.6 is 12.2 Å². The molecule has 36 heavy (non-hydrogen) atoms. The molecule has 2 N–H and O–H groups in total. The molecule has 186 valence electrons. The van der Waals surface area contributed by atoms with Gasteiger partial charge in [0.05, 0.1) is 24.8 Å². The molecular weight excluding hydrogens is 481 g/mol. The number of nitrogens with zero attached hydrogens (tertiary/aromatic N) is 2. The molecule has 0 unspecified atom stereocenters. The van der Waals surface area contributed by atoms with E-state index in [1.54, 1.807) is 42.5 Å². The molecule has 0 fully saturated rings. The zero-order chi connectivity index (χ0) is 25.7. The van der Waals surface area contributed by atoms with Gasteiger partial charge in [0, 0.05) is 13.1 Å². The van der Waals surface area contributed by atoms with Crippen molar-refractivity contribution in [3.05, 3.63) is 94.8 Å². The van der Waals surface area contributed by atoms with Gasteiger partial charge in [-0.05, 0) is 66.2 Å². The van der Waals surface area contributed by atoms with Crippen molar-refractivity contribution in [2.24, 2.45) is 5.73 Å². The molecule has 0 atom stereocenters. The number of carbonyl (C=O) groups excluding carboxylic acids is 2. The summed E-state index contributed by atoms with van der Waals surface area (Å²) in [5.41, 5.74) is 8.64. The Kier molecular flexibility index (Phi) is 7.80. The van der Waals surface area contributed by atoms with Crippen molar-refractivity contribution in [3.8, 4) is 11.5 Å². The monoisotopic (exact) mass is 507 g/mol. The van der Waals surface area contributed by atoms with Crippen LogP contribution < -0.4 is 15.2 Å². The molecule has 1 aliphatic heterocycles. The number of fused-ring (bicyclic) bond motifs is 1. The first-order valence-electron chi connectivity index (χ1n) is 11.4. The molecule has 0 aliphatic carbocycles. The highest BCUT2D eigenvalue weighted by molar-refractivity contribution is 7.80. The molecule has 0 saturated carbocycles. The largest absolute Gasteiger partial charge is 0.493 e. The molecule has 3 aromatic rings. The smallest absolute Gasteiger partial charge is 0.261 e. The average molecular weight is 508 g/mol. The predicted molar refractivity (Wildman–Crippen MR) is 138 cm³/mol. The Morgan fingerprint density at radius 1 is 0.972 bits per heavy atom. The Morgan fingerprint density at radius 3 is 2.22 bits per heavy atom. The van der Waals surface area contributed by atoms with E-state index in [1.165, 1.54) is 24.1 Å². The van der Waals surface area contributed by atoms with Crippen molar-refractivity contribution >= 4 is 29.1 Å². The molecule has 1 aliphatic rings. The summed E-state index contributed by atoms with van der Waals surface area (Å²) in [7, 11) is 1.54. The molecular formula is C27H26FN3O4S. The van der Waals surface area contributed by atoms with Gasteiger partial charge in [-0.25, -0.2) is 4.39 Å². The number of methoxy groups -OCH3 is 1. The first-order chi connectivity index (χ1) is 17.4. The molecule has 0 spiro atoms. The van der Waals surface area contributed by atoms with Gasteiger partial charge >= 0.3 is 0 Å². The molecule has 0 radical (unpaired) electrons. The van der Waals surface area contributed by atoms with Gasteiger partial charge in [-0.3, -0.25) is 14.5 Å². The number of imide groups is 1. The van der Waals surface area contributed by atoms with Gasteiger partial charge in [0.1, 0.15) is 12.4 Å². The number of amides is 2. The molecule has 0 aromatic heterocycles. The second-order valence-corrected chi connectivity index (χ2v) is 8.70. The maximum absolute atomic E-state index is 13.1. The number of rotatable bonds is 10. The third kappa shape index (κ3) is 5.63. The Balaban J connectivity index is 1.35. The van der Waals surface area contributed by atoms with Crippen molar-refractivity contribution in [3.63, 3.8) is 0 Å². The summed E-state index contributed by atoms with van der Waals surface area (Å²) in [6, 6.07) is 18.6. The van der Waals surface area contributed by atoms with E-state index in [9.17, 15) is 14.0 Å². The number of halogens is 1. The number of thiocarbonyl (C=S) groups is 1. The van der Waals surface area contributed by atoms with Crippen LogP contribution in [-0.4, -0.2) is 53.5 Å². The minimum atomic E-state index is -0.319. The summed E-state index contributed by atoms with van der Waals surface area (Å²) < 4.78 is 24.5. The van der Waals surface area contributed by atoms with Crippen LogP contribution in [-0.2, 0) is 13.0 Å². The summed E-state index contributed by atoms with van der Waals surface area (Å²) in [5.74, 6) is 0.0883. The van der Waals surface area contributed by atoms with Crippen LogP contribution in [0, 0.1) is 5.82 Å². The second kappa shape index (κ2) is 11.2. The number of hydrogen-bond donors (Lipinski definition) is 1. The summed E-state index contributed by atoms with van der Waals surface area (Å²) in [5, 5.41) is 0.261. The third-order valence-corrected chi connectivity index (χ3v) is 6.21. The first kappa shape index (κ1) is 25.1. The lowest BCUT2D eigenvalue weighted by Crippen LogP contribution is -2.36. The van der Waals surface area contributed by atoms with Crippen molar-refractivity contribution in [2.75, 3.05) is 26.8 Å². The summed E-state index contributed by atoms with van der Waals surface area (Å²) in [4.78, 5) is 28.1. The zero-order valence-corrected chi connectivity index (χ0v) is 20.6. The fourth-order valence-electron chi connectivity index (χ4n) is 4.02. The van der Waals surface area contributed by atoms with Gasteiger partial charge < -0.3 is 20.1 Å². The molecule has 7 nitrogen and oxygen atoms in total. The second-order valence-electron chi connectivity index (χ2n) is 8.28. The highest BCUT2D eigenvalue weighted by Gasteiger charge is 2.34. The number of hydrogen-bond acceptors (Lipinski definition) is 5. The summed E-state index contributed by atoms with van der Waals surface area (Å²) in [6.45, 7) is 1.28.